The maximum atomic E-state index is 12.4. The van der Waals surface area contributed by atoms with Crippen molar-refractivity contribution in [3.8, 4) is 0 Å². The van der Waals surface area contributed by atoms with Gasteiger partial charge in [0, 0.05) is 12.4 Å². The van der Waals surface area contributed by atoms with E-state index in [-0.39, 0.29) is 9.77 Å². The smallest absolute Gasteiger partial charge is 0.345 e. The summed E-state index contributed by atoms with van der Waals surface area (Å²) in [5.41, 5.74) is 1.48. The van der Waals surface area contributed by atoms with Gasteiger partial charge in [0.05, 0.1) is 10.6 Å². The van der Waals surface area contributed by atoms with E-state index >= 15 is 0 Å². The van der Waals surface area contributed by atoms with Crippen LogP contribution in [0.1, 0.15) is 15.2 Å². The van der Waals surface area contributed by atoms with Gasteiger partial charge < -0.3 is 5.11 Å². The van der Waals surface area contributed by atoms with Gasteiger partial charge in [-0.25, -0.2) is 13.2 Å². The third kappa shape index (κ3) is 2.68. The fourth-order valence-corrected chi connectivity index (χ4v) is 3.97. The Morgan fingerprint density at radius 1 is 1.30 bits per heavy atom. The van der Waals surface area contributed by atoms with Gasteiger partial charge in [-0.3, -0.25) is 4.31 Å². The largest absolute Gasteiger partial charge is 0.477 e. The highest BCUT2D eigenvalue weighted by Crippen LogP contribution is 2.26. The van der Waals surface area contributed by atoms with Crippen LogP contribution >= 0.6 is 11.3 Å². The fraction of sp³-hybridized carbons (Fsp3) is 0.154. The summed E-state index contributed by atoms with van der Waals surface area (Å²) in [5.74, 6) is -1.13. The Bertz CT molecular complexity index is 749. The lowest BCUT2D eigenvalue weighted by Crippen LogP contribution is -2.26. The molecule has 0 saturated carbocycles. The van der Waals surface area contributed by atoms with E-state index in [0.717, 1.165) is 21.2 Å². The molecule has 20 heavy (non-hydrogen) atoms. The van der Waals surface area contributed by atoms with Crippen LogP contribution in [-0.4, -0.2) is 26.5 Å². The highest BCUT2D eigenvalue weighted by atomic mass is 32.2. The summed E-state index contributed by atoms with van der Waals surface area (Å²) < 4.78 is 26.0. The summed E-state index contributed by atoms with van der Waals surface area (Å²) in [6.45, 7) is 1.87. The fourth-order valence-electron chi connectivity index (χ4n) is 1.69. The van der Waals surface area contributed by atoms with Crippen LogP contribution in [0.4, 0.5) is 5.69 Å². The molecule has 2 aromatic rings. The summed E-state index contributed by atoms with van der Waals surface area (Å²) in [6, 6.07) is 8.26. The standard InChI is InChI=1S/C13H13NO4S2/c1-9-4-3-5-10(6-9)14(2)20(17,18)11-7-12(13(15)16)19-8-11/h3-8H,1-2H3,(H,15,16). The molecular formula is C13H13NO4S2. The molecule has 0 amide bonds. The average molecular weight is 311 g/mol. The van der Waals surface area contributed by atoms with Crippen molar-refractivity contribution in [2.24, 2.45) is 0 Å². The first-order chi connectivity index (χ1) is 9.32. The van der Waals surface area contributed by atoms with Gasteiger partial charge in [0.15, 0.2) is 0 Å². The first-order valence-electron chi connectivity index (χ1n) is 5.70. The second-order valence-corrected chi connectivity index (χ2v) is 7.14. The van der Waals surface area contributed by atoms with Gasteiger partial charge >= 0.3 is 5.97 Å². The molecule has 0 atom stereocenters. The van der Waals surface area contributed by atoms with Crippen molar-refractivity contribution < 1.29 is 18.3 Å². The number of carbonyl (C=O) groups is 1. The van der Waals surface area contributed by atoms with Gasteiger partial charge in [-0.05, 0) is 30.7 Å². The molecule has 0 saturated heterocycles. The number of rotatable bonds is 4. The number of anilines is 1. The molecule has 0 aliphatic heterocycles. The lowest BCUT2D eigenvalue weighted by Gasteiger charge is -2.19. The summed E-state index contributed by atoms with van der Waals surface area (Å²) in [7, 11) is -2.29. The highest BCUT2D eigenvalue weighted by molar-refractivity contribution is 7.93. The van der Waals surface area contributed by atoms with Crippen LogP contribution in [0.25, 0.3) is 0 Å². The van der Waals surface area contributed by atoms with Gasteiger partial charge in [0.1, 0.15) is 4.88 Å². The summed E-state index contributed by atoms with van der Waals surface area (Å²) in [6.07, 6.45) is 0. The predicted octanol–water partition coefficient (Wildman–Crippen LogP) is 2.58. The van der Waals surface area contributed by atoms with Crippen LogP contribution in [0.2, 0.25) is 0 Å². The van der Waals surface area contributed by atoms with Gasteiger partial charge in [0.25, 0.3) is 10.0 Å². The molecule has 0 unspecified atom stereocenters. The molecule has 0 bridgehead atoms. The lowest BCUT2D eigenvalue weighted by atomic mass is 10.2. The molecule has 0 fully saturated rings. The molecule has 2 rings (SSSR count). The Hall–Kier alpha value is -1.86. The number of benzene rings is 1. The van der Waals surface area contributed by atoms with Gasteiger partial charge in [-0.1, -0.05) is 12.1 Å². The van der Waals surface area contributed by atoms with E-state index < -0.39 is 16.0 Å². The van der Waals surface area contributed by atoms with Crippen LogP contribution in [0.3, 0.4) is 0 Å². The predicted molar refractivity (Wildman–Crippen MR) is 78.0 cm³/mol. The third-order valence-corrected chi connectivity index (χ3v) is 5.64. The van der Waals surface area contributed by atoms with Crippen LogP contribution in [0, 0.1) is 6.92 Å². The minimum absolute atomic E-state index is 0.00113. The molecule has 0 spiro atoms. The van der Waals surface area contributed by atoms with E-state index in [1.54, 1.807) is 18.2 Å². The maximum Gasteiger partial charge on any atom is 0.345 e. The Balaban J connectivity index is 2.41. The Morgan fingerprint density at radius 2 is 2.00 bits per heavy atom. The van der Waals surface area contributed by atoms with Gasteiger partial charge in [-0.15, -0.1) is 11.3 Å². The molecule has 7 heteroatoms. The van der Waals surface area contributed by atoms with E-state index in [2.05, 4.69) is 0 Å². The zero-order valence-corrected chi connectivity index (χ0v) is 12.5. The van der Waals surface area contributed by atoms with E-state index in [4.69, 9.17) is 5.11 Å². The van der Waals surface area contributed by atoms with Crippen molar-refractivity contribution in [3.05, 3.63) is 46.2 Å². The van der Waals surface area contributed by atoms with Crippen LogP contribution < -0.4 is 4.31 Å². The van der Waals surface area contributed by atoms with Crippen molar-refractivity contribution in [1.82, 2.24) is 0 Å². The zero-order chi connectivity index (χ0) is 14.9. The van der Waals surface area contributed by atoms with Crippen molar-refractivity contribution in [1.29, 1.82) is 0 Å². The highest BCUT2D eigenvalue weighted by Gasteiger charge is 2.24. The molecule has 0 aliphatic rings. The SMILES string of the molecule is Cc1cccc(N(C)S(=O)(=O)c2csc(C(=O)O)c2)c1. The third-order valence-electron chi connectivity index (χ3n) is 2.81. The minimum atomic E-state index is -3.74. The summed E-state index contributed by atoms with van der Waals surface area (Å²) in [4.78, 5) is 10.8. The molecule has 5 nitrogen and oxygen atoms in total. The Morgan fingerprint density at radius 3 is 2.55 bits per heavy atom. The number of aromatic carboxylic acids is 1. The van der Waals surface area contributed by atoms with E-state index in [9.17, 15) is 13.2 Å². The number of nitrogens with zero attached hydrogens (tertiary/aromatic N) is 1. The van der Waals surface area contributed by atoms with Crippen molar-refractivity contribution >= 4 is 33.0 Å². The summed E-state index contributed by atoms with van der Waals surface area (Å²) in [5, 5.41) is 10.2. The van der Waals surface area contributed by atoms with Crippen molar-refractivity contribution in [3.63, 3.8) is 0 Å². The second-order valence-electron chi connectivity index (χ2n) is 4.26. The first kappa shape index (κ1) is 14.5. The number of carboxylic acid groups (broad SMARTS) is 1. The van der Waals surface area contributed by atoms with Crippen LogP contribution in [0.15, 0.2) is 40.6 Å². The van der Waals surface area contributed by atoms with E-state index in [0.29, 0.717) is 5.69 Å². The number of aryl methyl sites for hydroxylation is 1. The maximum absolute atomic E-state index is 12.4. The monoisotopic (exact) mass is 311 g/mol. The molecule has 0 radical (unpaired) electrons. The van der Waals surface area contributed by atoms with E-state index in [1.165, 1.54) is 18.5 Å². The second kappa shape index (κ2) is 5.26. The lowest BCUT2D eigenvalue weighted by molar-refractivity contribution is 0.0702. The molecular weight excluding hydrogens is 298 g/mol. The van der Waals surface area contributed by atoms with E-state index in [1.807, 2.05) is 13.0 Å². The Labute approximate surface area is 121 Å². The molecule has 0 aliphatic carbocycles. The first-order valence-corrected chi connectivity index (χ1v) is 8.02. The quantitative estimate of drug-likeness (QED) is 0.941. The minimum Gasteiger partial charge on any atom is -0.477 e. The molecule has 1 aromatic heterocycles. The Kier molecular flexibility index (Phi) is 3.82. The number of hydrogen-bond donors (Lipinski definition) is 1. The van der Waals surface area contributed by atoms with Gasteiger partial charge in [0.2, 0.25) is 0 Å². The molecule has 1 aromatic carbocycles. The van der Waals surface area contributed by atoms with Gasteiger partial charge in [-0.2, -0.15) is 0 Å². The molecule has 1 N–H and O–H groups in total. The van der Waals surface area contributed by atoms with Crippen molar-refractivity contribution in [2.45, 2.75) is 11.8 Å². The van der Waals surface area contributed by atoms with Crippen LogP contribution in [0.5, 0.6) is 0 Å². The normalized spacial score (nSPS) is 11.3. The topological polar surface area (TPSA) is 74.7 Å². The van der Waals surface area contributed by atoms with Crippen LogP contribution in [-0.2, 0) is 10.0 Å². The van der Waals surface area contributed by atoms with Crippen molar-refractivity contribution in [2.75, 3.05) is 11.4 Å². The number of hydrogen-bond acceptors (Lipinski definition) is 4. The molecule has 1 heterocycles. The number of carboxylic acids is 1. The molecule has 106 valence electrons. The summed E-state index contributed by atoms with van der Waals surface area (Å²) >= 11 is 0.895. The number of sulfonamides is 1. The zero-order valence-electron chi connectivity index (χ0n) is 10.9. The average Bonchev–Trinajstić information content (AvgIpc) is 2.88. The number of thiophene rings is 1.